The molecule has 16 heavy (non-hydrogen) atoms. The zero-order chi connectivity index (χ0) is 11.5. The van der Waals surface area contributed by atoms with Crippen molar-refractivity contribution < 1.29 is 4.39 Å². The molecule has 0 amide bonds. The van der Waals surface area contributed by atoms with Crippen LogP contribution in [0.15, 0.2) is 18.2 Å². The first-order valence-corrected chi connectivity index (χ1v) is 5.94. The monoisotopic (exact) mass is 222 g/mol. The highest BCUT2D eigenvalue weighted by atomic mass is 19.1. The maximum atomic E-state index is 13.6. The molecular formula is C13H19FN2. The van der Waals surface area contributed by atoms with Crippen LogP contribution in [0.1, 0.15) is 31.9 Å². The third-order valence-electron chi connectivity index (χ3n) is 2.93. The standard InChI is InChI=1S/C13H19FN2/c1-9(2)8-16-12-6-7-15-13-10(12)4-3-5-11(13)14/h3-5,9,12,15-16H,6-8H2,1-2H3. The van der Waals surface area contributed by atoms with Crippen LogP contribution < -0.4 is 10.6 Å². The molecule has 1 aliphatic heterocycles. The summed E-state index contributed by atoms with van der Waals surface area (Å²) < 4.78 is 13.6. The minimum atomic E-state index is -0.145. The quantitative estimate of drug-likeness (QED) is 0.821. The predicted molar refractivity (Wildman–Crippen MR) is 65.1 cm³/mol. The fraction of sp³-hybridized carbons (Fsp3) is 0.538. The van der Waals surface area contributed by atoms with Gasteiger partial charge < -0.3 is 10.6 Å². The van der Waals surface area contributed by atoms with Gasteiger partial charge in [0.2, 0.25) is 0 Å². The normalized spacial score (nSPS) is 19.4. The van der Waals surface area contributed by atoms with E-state index >= 15 is 0 Å². The van der Waals surface area contributed by atoms with Crippen molar-refractivity contribution in [2.24, 2.45) is 5.92 Å². The van der Waals surface area contributed by atoms with Crippen molar-refractivity contribution in [1.82, 2.24) is 5.32 Å². The van der Waals surface area contributed by atoms with Crippen molar-refractivity contribution in [3.8, 4) is 0 Å². The van der Waals surface area contributed by atoms with Gasteiger partial charge in [-0.25, -0.2) is 4.39 Å². The lowest BCUT2D eigenvalue weighted by atomic mass is 9.97. The zero-order valence-electron chi connectivity index (χ0n) is 9.89. The van der Waals surface area contributed by atoms with Gasteiger partial charge in [0.05, 0.1) is 5.69 Å². The van der Waals surface area contributed by atoms with Gasteiger partial charge in [-0.15, -0.1) is 0 Å². The fourth-order valence-electron chi connectivity index (χ4n) is 2.10. The summed E-state index contributed by atoms with van der Waals surface area (Å²) in [7, 11) is 0. The second-order valence-corrected chi connectivity index (χ2v) is 4.77. The molecule has 3 heteroatoms. The molecule has 88 valence electrons. The second kappa shape index (κ2) is 4.83. The molecule has 1 aromatic rings. The van der Waals surface area contributed by atoms with E-state index in [1.54, 1.807) is 6.07 Å². The molecule has 2 nitrogen and oxygen atoms in total. The molecule has 0 spiro atoms. The maximum Gasteiger partial charge on any atom is 0.146 e. The van der Waals surface area contributed by atoms with Crippen molar-refractivity contribution in [3.05, 3.63) is 29.6 Å². The Bertz CT molecular complexity index is 363. The highest BCUT2D eigenvalue weighted by Gasteiger charge is 2.21. The zero-order valence-corrected chi connectivity index (χ0v) is 9.89. The number of halogens is 1. The lowest BCUT2D eigenvalue weighted by molar-refractivity contribution is 0.451. The molecule has 1 unspecified atom stereocenters. The van der Waals surface area contributed by atoms with Gasteiger partial charge in [-0.2, -0.15) is 0 Å². The number of fused-ring (bicyclic) bond motifs is 1. The Morgan fingerprint density at radius 1 is 1.50 bits per heavy atom. The summed E-state index contributed by atoms with van der Waals surface area (Å²) in [6.07, 6.45) is 1.02. The Hall–Kier alpha value is -1.09. The van der Waals surface area contributed by atoms with Crippen molar-refractivity contribution in [1.29, 1.82) is 0 Å². The second-order valence-electron chi connectivity index (χ2n) is 4.77. The molecule has 0 radical (unpaired) electrons. The van der Waals surface area contributed by atoms with Crippen LogP contribution in [0.5, 0.6) is 0 Å². The number of benzene rings is 1. The van der Waals surface area contributed by atoms with Crippen LogP contribution in [-0.4, -0.2) is 13.1 Å². The Labute approximate surface area is 96.2 Å². The molecule has 1 heterocycles. The number of hydrogen-bond acceptors (Lipinski definition) is 2. The third kappa shape index (κ3) is 2.35. The molecule has 1 atom stereocenters. The summed E-state index contributed by atoms with van der Waals surface area (Å²) in [6.45, 7) is 6.17. The van der Waals surface area contributed by atoms with Crippen LogP contribution in [0.25, 0.3) is 0 Å². The van der Waals surface area contributed by atoms with Crippen LogP contribution in [0.2, 0.25) is 0 Å². The molecule has 1 aromatic carbocycles. The molecule has 0 saturated heterocycles. The van der Waals surface area contributed by atoms with E-state index in [1.165, 1.54) is 6.07 Å². The van der Waals surface area contributed by atoms with Gasteiger partial charge in [-0.1, -0.05) is 26.0 Å². The van der Waals surface area contributed by atoms with E-state index in [2.05, 4.69) is 24.5 Å². The molecular weight excluding hydrogens is 203 g/mol. The first kappa shape index (κ1) is 11.4. The Balaban J connectivity index is 2.16. The molecule has 0 fully saturated rings. The summed E-state index contributed by atoms with van der Waals surface area (Å²) in [5.74, 6) is 0.473. The average Bonchev–Trinajstić information content (AvgIpc) is 2.27. The highest BCUT2D eigenvalue weighted by Crippen LogP contribution is 2.31. The number of hydrogen-bond donors (Lipinski definition) is 2. The van der Waals surface area contributed by atoms with E-state index in [0.717, 1.165) is 25.1 Å². The Kier molecular flexibility index (Phi) is 3.44. The van der Waals surface area contributed by atoms with Gasteiger partial charge >= 0.3 is 0 Å². The van der Waals surface area contributed by atoms with Crippen LogP contribution in [0.3, 0.4) is 0 Å². The minimum absolute atomic E-state index is 0.145. The summed E-state index contributed by atoms with van der Waals surface area (Å²) in [4.78, 5) is 0. The molecule has 0 bridgehead atoms. The van der Waals surface area contributed by atoms with Gasteiger partial charge in [0, 0.05) is 12.6 Å². The van der Waals surface area contributed by atoms with Gasteiger partial charge in [-0.05, 0) is 30.5 Å². The lowest BCUT2D eigenvalue weighted by Gasteiger charge is -2.28. The first-order chi connectivity index (χ1) is 7.68. The summed E-state index contributed by atoms with van der Waals surface area (Å²) >= 11 is 0. The number of rotatable bonds is 3. The van der Waals surface area contributed by atoms with Crippen LogP contribution in [0.4, 0.5) is 10.1 Å². The van der Waals surface area contributed by atoms with E-state index in [-0.39, 0.29) is 11.9 Å². The van der Waals surface area contributed by atoms with E-state index in [4.69, 9.17) is 0 Å². The van der Waals surface area contributed by atoms with Gasteiger partial charge in [0.15, 0.2) is 0 Å². The van der Waals surface area contributed by atoms with Crippen molar-refractivity contribution in [3.63, 3.8) is 0 Å². The Morgan fingerprint density at radius 2 is 2.31 bits per heavy atom. The topological polar surface area (TPSA) is 24.1 Å². The van der Waals surface area contributed by atoms with Crippen molar-refractivity contribution >= 4 is 5.69 Å². The van der Waals surface area contributed by atoms with E-state index in [9.17, 15) is 4.39 Å². The Morgan fingerprint density at radius 3 is 3.06 bits per heavy atom. The smallest absolute Gasteiger partial charge is 0.146 e. The lowest BCUT2D eigenvalue weighted by Crippen LogP contribution is -2.31. The SMILES string of the molecule is CC(C)CNC1CCNc2c(F)cccc21. The summed E-state index contributed by atoms with van der Waals surface area (Å²) in [6, 6.07) is 5.58. The fourth-order valence-corrected chi connectivity index (χ4v) is 2.10. The summed E-state index contributed by atoms with van der Waals surface area (Å²) in [5.41, 5.74) is 1.74. The van der Waals surface area contributed by atoms with Gasteiger partial charge in [-0.3, -0.25) is 0 Å². The number of para-hydroxylation sites is 1. The minimum Gasteiger partial charge on any atom is -0.382 e. The first-order valence-electron chi connectivity index (χ1n) is 5.94. The van der Waals surface area contributed by atoms with Crippen molar-refractivity contribution in [2.45, 2.75) is 26.3 Å². The average molecular weight is 222 g/mol. The number of nitrogens with one attached hydrogen (secondary N) is 2. The van der Waals surface area contributed by atoms with Crippen molar-refractivity contribution in [2.75, 3.05) is 18.4 Å². The van der Waals surface area contributed by atoms with Gasteiger partial charge in [0.1, 0.15) is 5.82 Å². The molecule has 0 aliphatic carbocycles. The van der Waals surface area contributed by atoms with Crippen LogP contribution in [0, 0.1) is 11.7 Å². The maximum absolute atomic E-state index is 13.6. The summed E-state index contributed by atoms with van der Waals surface area (Å²) in [5, 5.41) is 6.63. The van der Waals surface area contributed by atoms with Gasteiger partial charge in [0.25, 0.3) is 0 Å². The van der Waals surface area contributed by atoms with E-state index < -0.39 is 0 Å². The molecule has 1 aliphatic rings. The predicted octanol–water partition coefficient (Wildman–Crippen LogP) is 2.93. The van der Waals surface area contributed by atoms with E-state index in [0.29, 0.717) is 11.6 Å². The van der Waals surface area contributed by atoms with Crippen LogP contribution >= 0.6 is 0 Å². The van der Waals surface area contributed by atoms with E-state index in [1.807, 2.05) is 6.07 Å². The highest BCUT2D eigenvalue weighted by molar-refractivity contribution is 5.55. The molecule has 2 N–H and O–H groups in total. The number of anilines is 1. The molecule has 0 aromatic heterocycles. The third-order valence-corrected chi connectivity index (χ3v) is 2.93. The molecule has 2 rings (SSSR count). The largest absolute Gasteiger partial charge is 0.382 e. The molecule has 0 saturated carbocycles. The van der Waals surface area contributed by atoms with Crippen LogP contribution in [-0.2, 0) is 0 Å².